The molecule has 9 heteroatoms. The summed E-state index contributed by atoms with van der Waals surface area (Å²) >= 11 is 0. The molecule has 0 aliphatic rings. The largest absolute Gasteiger partial charge is 0.419 e. The van der Waals surface area contributed by atoms with E-state index in [1.807, 2.05) is 0 Å². The van der Waals surface area contributed by atoms with E-state index in [2.05, 4.69) is 17.0 Å². The number of nitrogens with one attached hydrogen (secondary N) is 1. The average molecular weight is 366 g/mol. The number of nitrogens with zero attached hydrogens (tertiary/aromatic N) is 3. The summed E-state index contributed by atoms with van der Waals surface area (Å²) in [5.74, 6) is -0.846. The van der Waals surface area contributed by atoms with Gasteiger partial charge in [-0.05, 0) is 30.3 Å². The van der Waals surface area contributed by atoms with E-state index in [9.17, 15) is 22.8 Å². The number of carbonyl (C=O) groups is 2. The first kappa shape index (κ1) is 19.2. The number of hydrogen-bond donors (Lipinski definition) is 1. The number of amides is 2. The van der Waals surface area contributed by atoms with Gasteiger partial charge in [-0.2, -0.15) is 18.3 Å². The van der Waals surface area contributed by atoms with Crippen LogP contribution in [0, 0.1) is 0 Å². The third-order valence-electron chi connectivity index (χ3n) is 3.81. The van der Waals surface area contributed by atoms with Gasteiger partial charge in [0.25, 0.3) is 5.91 Å². The summed E-state index contributed by atoms with van der Waals surface area (Å²) in [4.78, 5) is 25.0. The van der Waals surface area contributed by atoms with Gasteiger partial charge in [-0.1, -0.05) is 6.58 Å². The van der Waals surface area contributed by atoms with Gasteiger partial charge in [0.05, 0.1) is 24.0 Å². The van der Waals surface area contributed by atoms with Crippen molar-refractivity contribution in [2.75, 3.05) is 11.9 Å². The SMILES string of the molecule is C=CC(=O)N(C)c1ccc(C(=O)NCc2c(C(F)(F)F)cnn2C)cc1. The van der Waals surface area contributed by atoms with Crippen LogP contribution in [0.4, 0.5) is 18.9 Å². The smallest absolute Gasteiger partial charge is 0.346 e. The van der Waals surface area contributed by atoms with Crippen LogP contribution < -0.4 is 10.2 Å². The first-order valence-electron chi connectivity index (χ1n) is 7.51. The minimum absolute atomic E-state index is 0.140. The van der Waals surface area contributed by atoms with Crippen molar-refractivity contribution in [2.45, 2.75) is 12.7 Å². The Bertz CT molecular complexity index is 826. The predicted molar refractivity (Wildman–Crippen MR) is 89.4 cm³/mol. The zero-order chi connectivity index (χ0) is 19.5. The number of alkyl halides is 3. The van der Waals surface area contributed by atoms with Crippen LogP contribution in [-0.4, -0.2) is 28.6 Å². The Labute approximate surface area is 147 Å². The number of hydrogen-bond acceptors (Lipinski definition) is 3. The molecule has 0 atom stereocenters. The molecular formula is C17H17F3N4O2. The topological polar surface area (TPSA) is 67.2 Å². The minimum Gasteiger partial charge on any atom is -0.346 e. The molecule has 0 bridgehead atoms. The van der Waals surface area contributed by atoms with Gasteiger partial charge in [0.2, 0.25) is 5.91 Å². The Balaban J connectivity index is 2.09. The maximum Gasteiger partial charge on any atom is 0.419 e. The molecule has 0 saturated heterocycles. The van der Waals surface area contributed by atoms with Crippen LogP contribution in [0.3, 0.4) is 0 Å². The third kappa shape index (κ3) is 4.11. The molecule has 0 unspecified atom stereocenters. The fraction of sp³-hybridized carbons (Fsp3) is 0.235. The zero-order valence-electron chi connectivity index (χ0n) is 14.2. The van der Waals surface area contributed by atoms with Gasteiger partial charge in [-0.25, -0.2) is 0 Å². The number of rotatable bonds is 5. The minimum atomic E-state index is -4.54. The number of anilines is 1. The van der Waals surface area contributed by atoms with E-state index in [-0.39, 0.29) is 23.7 Å². The van der Waals surface area contributed by atoms with Gasteiger partial charge in [-0.3, -0.25) is 14.3 Å². The lowest BCUT2D eigenvalue weighted by atomic mass is 10.1. The van der Waals surface area contributed by atoms with Crippen molar-refractivity contribution in [1.82, 2.24) is 15.1 Å². The monoisotopic (exact) mass is 366 g/mol. The molecule has 0 aliphatic carbocycles. The Hall–Kier alpha value is -3.10. The molecule has 26 heavy (non-hydrogen) atoms. The van der Waals surface area contributed by atoms with Crippen LogP contribution >= 0.6 is 0 Å². The van der Waals surface area contributed by atoms with Gasteiger partial charge in [0.1, 0.15) is 0 Å². The number of aromatic nitrogens is 2. The molecule has 0 saturated carbocycles. The van der Waals surface area contributed by atoms with Crippen molar-refractivity contribution in [1.29, 1.82) is 0 Å². The van der Waals surface area contributed by atoms with E-state index in [1.54, 1.807) is 19.2 Å². The fourth-order valence-electron chi connectivity index (χ4n) is 2.28. The average Bonchev–Trinajstić information content (AvgIpc) is 2.99. The Morgan fingerprint density at radius 1 is 1.31 bits per heavy atom. The predicted octanol–water partition coefficient (Wildman–Crippen LogP) is 2.52. The molecule has 0 radical (unpaired) electrons. The van der Waals surface area contributed by atoms with Crippen molar-refractivity contribution >= 4 is 17.5 Å². The van der Waals surface area contributed by atoms with Gasteiger partial charge >= 0.3 is 6.18 Å². The number of likely N-dealkylation sites (N-methyl/N-ethyl adjacent to an activating group) is 1. The number of carbonyl (C=O) groups excluding carboxylic acids is 2. The molecule has 1 N–H and O–H groups in total. The summed E-state index contributed by atoms with van der Waals surface area (Å²) in [5.41, 5.74) is -0.222. The van der Waals surface area contributed by atoms with E-state index >= 15 is 0 Å². The van der Waals surface area contributed by atoms with E-state index in [1.165, 1.54) is 24.1 Å². The third-order valence-corrected chi connectivity index (χ3v) is 3.81. The molecule has 2 aromatic rings. The molecule has 1 aromatic heterocycles. The van der Waals surface area contributed by atoms with Gasteiger partial charge in [-0.15, -0.1) is 0 Å². The first-order valence-corrected chi connectivity index (χ1v) is 7.51. The van der Waals surface area contributed by atoms with Crippen LogP contribution in [-0.2, 0) is 24.6 Å². The Morgan fingerprint density at radius 3 is 2.46 bits per heavy atom. The Kier molecular flexibility index (Phi) is 5.49. The highest BCUT2D eigenvalue weighted by atomic mass is 19.4. The Morgan fingerprint density at radius 2 is 1.92 bits per heavy atom. The van der Waals surface area contributed by atoms with Crippen molar-refractivity contribution in [3.8, 4) is 0 Å². The van der Waals surface area contributed by atoms with Gasteiger partial charge in [0, 0.05) is 25.3 Å². The summed E-state index contributed by atoms with van der Waals surface area (Å²) in [7, 11) is 2.93. The molecule has 138 valence electrons. The molecule has 2 amide bonds. The normalized spacial score (nSPS) is 11.1. The van der Waals surface area contributed by atoms with Crippen LogP contribution in [0.25, 0.3) is 0 Å². The molecular weight excluding hydrogens is 349 g/mol. The number of halogens is 3. The molecule has 1 aromatic carbocycles. The quantitative estimate of drug-likeness (QED) is 0.827. The molecule has 0 aliphatic heterocycles. The lowest BCUT2D eigenvalue weighted by molar-refractivity contribution is -0.138. The molecule has 1 heterocycles. The fourth-order valence-corrected chi connectivity index (χ4v) is 2.28. The molecule has 0 fully saturated rings. The molecule has 6 nitrogen and oxygen atoms in total. The summed E-state index contributed by atoms with van der Waals surface area (Å²) in [6, 6.07) is 6.07. The zero-order valence-corrected chi connectivity index (χ0v) is 14.2. The summed E-state index contributed by atoms with van der Waals surface area (Å²) in [5, 5.41) is 6.03. The van der Waals surface area contributed by atoms with Crippen LogP contribution in [0.15, 0.2) is 43.1 Å². The highest BCUT2D eigenvalue weighted by Gasteiger charge is 2.35. The van der Waals surface area contributed by atoms with Gasteiger partial charge in [0.15, 0.2) is 0 Å². The first-order chi connectivity index (χ1) is 12.1. The maximum atomic E-state index is 12.9. The van der Waals surface area contributed by atoms with E-state index in [0.29, 0.717) is 5.69 Å². The van der Waals surface area contributed by atoms with E-state index in [4.69, 9.17) is 0 Å². The van der Waals surface area contributed by atoms with Crippen molar-refractivity contribution in [3.05, 3.63) is 59.9 Å². The van der Waals surface area contributed by atoms with Crippen molar-refractivity contribution in [2.24, 2.45) is 7.05 Å². The number of aryl methyl sites for hydroxylation is 1. The lowest BCUT2D eigenvalue weighted by Gasteiger charge is -2.15. The second-order valence-corrected chi connectivity index (χ2v) is 5.46. The standard InChI is InChI=1S/C17H17F3N4O2/c1-4-15(25)23(2)12-7-5-11(6-8-12)16(26)21-10-14-13(17(18,19)20)9-22-24(14)3/h4-9H,1,10H2,2-3H3,(H,21,26). The lowest BCUT2D eigenvalue weighted by Crippen LogP contribution is -2.26. The van der Waals surface area contributed by atoms with E-state index < -0.39 is 17.6 Å². The van der Waals surface area contributed by atoms with Crippen molar-refractivity contribution in [3.63, 3.8) is 0 Å². The second-order valence-electron chi connectivity index (χ2n) is 5.46. The van der Waals surface area contributed by atoms with Crippen LogP contribution in [0.1, 0.15) is 21.6 Å². The highest BCUT2D eigenvalue weighted by Crippen LogP contribution is 2.31. The molecule has 0 spiro atoms. The van der Waals surface area contributed by atoms with Gasteiger partial charge < -0.3 is 10.2 Å². The summed E-state index contributed by atoms with van der Waals surface area (Å²) in [6.45, 7) is 3.07. The van der Waals surface area contributed by atoms with Crippen molar-refractivity contribution < 1.29 is 22.8 Å². The van der Waals surface area contributed by atoms with Crippen LogP contribution in [0.5, 0.6) is 0 Å². The maximum absolute atomic E-state index is 12.9. The van der Waals surface area contributed by atoms with E-state index in [0.717, 1.165) is 17.0 Å². The second kappa shape index (κ2) is 7.42. The summed E-state index contributed by atoms with van der Waals surface area (Å²) < 4.78 is 39.8. The number of benzene rings is 1. The summed E-state index contributed by atoms with van der Waals surface area (Å²) in [6.07, 6.45) is -2.66. The molecule has 2 rings (SSSR count). The highest BCUT2D eigenvalue weighted by molar-refractivity contribution is 6.01. The van der Waals surface area contributed by atoms with Crippen LogP contribution in [0.2, 0.25) is 0 Å².